The summed E-state index contributed by atoms with van der Waals surface area (Å²) in [5.41, 5.74) is 0.948. The van der Waals surface area contributed by atoms with Crippen molar-refractivity contribution in [3.63, 3.8) is 0 Å². The van der Waals surface area contributed by atoms with Crippen LogP contribution < -0.4 is 5.32 Å². The molecule has 1 amide bonds. The fraction of sp³-hybridized carbons (Fsp3) is 0.903. The third-order valence-corrected chi connectivity index (χ3v) is 11.2. The number of ketones is 1. The predicted octanol–water partition coefficient (Wildman–Crippen LogP) is 5.65. The lowest BCUT2D eigenvalue weighted by Crippen LogP contribution is -2.53. The molecule has 4 saturated carbocycles. The van der Waals surface area contributed by atoms with Crippen LogP contribution in [0.15, 0.2) is 0 Å². The lowest BCUT2D eigenvalue weighted by molar-refractivity contribution is -0.143. The van der Waals surface area contributed by atoms with Crippen LogP contribution in [0.3, 0.4) is 0 Å². The van der Waals surface area contributed by atoms with Gasteiger partial charge in [-0.1, -0.05) is 34.1 Å². The van der Waals surface area contributed by atoms with Crippen LogP contribution >= 0.6 is 0 Å². The molecule has 4 aliphatic rings. The first-order chi connectivity index (χ1) is 17.3. The number of carboxylic acid groups (broad SMARTS) is 1. The maximum absolute atomic E-state index is 12.2. The first-order valence-corrected chi connectivity index (χ1v) is 14.9. The Kier molecular flexibility index (Phi) is 9.91. The van der Waals surface area contributed by atoms with Gasteiger partial charge in [0.15, 0.2) is 0 Å². The van der Waals surface area contributed by atoms with Crippen molar-refractivity contribution < 1.29 is 19.5 Å². The van der Waals surface area contributed by atoms with Crippen LogP contribution in [-0.2, 0) is 14.4 Å². The second kappa shape index (κ2) is 12.2. The van der Waals surface area contributed by atoms with Crippen LogP contribution in [0, 0.1) is 52.3 Å². The number of rotatable bonds is 7. The molecule has 37 heavy (non-hydrogen) atoms. The average molecular weight is 519 g/mol. The van der Waals surface area contributed by atoms with Crippen LogP contribution in [0.1, 0.15) is 98.8 Å². The monoisotopic (exact) mass is 518 g/mol. The molecule has 9 atom stereocenters. The van der Waals surface area contributed by atoms with Gasteiger partial charge in [0.05, 0.1) is 5.92 Å². The molecule has 4 aliphatic carbocycles. The maximum Gasteiger partial charge on any atom is 0.306 e. The third kappa shape index (κ3) is 6.59. The summed E-state index contributed by atoms with van der Waals surface area (Å²) in [6.45, 7) is 12.3. The van der Waals surface area contributed by atoms with Crippen molar-refractivity contribution >= 4 is 17.7 Å². The minimum absolute atomic E-state index is 0.0444. The molecule has 0 radical (unpaired) electrons. The number of nitrogens with zero attached hydrogens (tertiary/aromatic N) is 1. The second-order valence-electron chi connectivity index (χ2n) is 13.9. The largest absolute Gasteiger partial charge is 0.481 e. The van der Waals surface area contributed by atoms with E-state index < -0.39 is 11.9 Å². The number of aliphatic carboxylic acids is 1. The highest BCUT2D eigenvalue weighted by Crippen LogP contribution is 2.67. The molecule has 0 heterocycles. The van der Waals surface area contributed by atoms with Gasteiger partial charge >= 0.3 is 5.97 Å². The van der Waals surface area contributed by atoms with Crippen LogP contribution in [0.5, 0.6) is 0 Å². The van der Waals surface area contributed by atoms with Crippen LogP contribution in [0.4, 0.5) is 0 Å². The summed E-state index contributed by atoms with van der Waals surface area (Å²) >= 11 is 0. The number of hydrogen-bond acceptors (Lipinski definition) is 4. The number of likely N-dealkylation sites (N-methyl/N-ethyl adjacent to an activating group) is 1. The summed E-state index contributed by atoms with van der Waals surface area (Å²) < 4.78 is 0. The number of fused-ring (bicyclic) bond motifs is 5. The summed E-state index contributed by atoms with van der Waals surface area (Å²) in [6.07, 6.45) is 12.6. The number of nitrogens with one attached hydrogen (secondary N) is 1. The van der Waals surface area contributed by atoms with E-state index in [0.29, 0.717) is 29.1 Å². The van der Waals surface area contributed by atoms with Crippen molar-refractivity contribution in [3.8, 4) is 0 Å². The van der Waals surface area contributed by atoms with E-state index in [9.17, 15) is 14.4 Å². The van der Waals surface area contributed by atoms with E-state index in [4.69, 9.17) is 5.11 Å². The average Bonchev–Trinajstić information content (AvgIpc) is 3.17. The highest BCUT2D eigenvalue weighted by molar-refractivity contribution is 5.82. The van der Waals surface area contributed by atoms with Crippen LogP contribution in [0.2, 0.25) is 0 Å². The fourth-order valence-corrected chi connectivity index (χ4v) is 9.00. The normalized spacial score (nSPS) is 39.4. The Morgan fingerprint density at radius 1 is 0.973 bits per heavy atom. The van der Waals surface area contributed by atoms with Crippen molar-refractivity contribution in [2.75, 3.05) is 27.2 Å². The molecule has 6 nitrogen and oxygen atoms in total. The molecule has 0 aromatic heterocycles. The molecule has 6 heteroatoms. The molecule has 2 N–H and O–H groups in total. The number of hydrogen-bond donors (Lipinski definition) is 2. The Hall–Kier alpha value is -1.43. The Morgan fingerprint density at radius 3 is 2.24 bits per heavy atom. The first kappa shape index (κ1) is 30.1. The van der Waals surface area contributed by atoms with Gasteiger partial charge < -0.3 is 15.3 Å². The summed E-state index contributed by atoms with van der Waals surface area (Å²) in [5.74, 6) is 3.74. The van der Waals surface area contributed by atoms with Gasteiger partial charge in [0.1, 0.15) is 5.78 Å². The van der Waals surface area contributed by atoms with Gasteiger partial charge in [0, 0.05) is 25.4 Å². The lowest BCUT2D eigenvalue weighted by Gasteiger charge is -2.61. The van der Waals surface area contributed by atoms with Crippen molar-refractivity contribution in [1.29, 1.82) is 0 Å². The zero-order valence-electron chi connectivity index (χ0n) is 24.6. The minimum Gasteiger partial charge on any atom is -0.481 e. The topological polar surface area (TPSA) is 86.7 Å². The fourth-order valence-electron chi connectivity index (χ4n) is 9.00. The zero-order valence-corrected chi connectivity index (χ0v) is 24.6. The molecule has 0 aliphatic heterocycles. The van der Waals surface area contributed by atoms with E-state index >= 15 is 0 Å². The predicted molar refractivity (Wildman–Crippen MR) is 148 cm³/mol. The number of amides is 1. The molecule has 0 aromatic carbocycles. The van der Waals surface area contributed by atoms with E-state index in [1.807, 2.05) is 25.9 Å². The van der Waals surface area contributed by atoms with Gasteiger partial charge in [-0.2, -0.15) is 0 Å². The molecule has 9 unspecified atom stereocenters. The van der Waals surface area contributed by atoms with Gasteiger partial charge in [-0.25, -0.2) is 0 Å². The van der Waals surface area contributed by atoms with Crippen LogP contribution in [-0.4, -0.2) is 54.9 Å². The van der Waals surface area contributed by atoms with E-state index in [-0.39, 0.29) is 12.3 Å². The Balaban J connectivity index is 0.000000236. The molecule has 0 bridgehead atoms. The third-order valence-electron chi connectivity index (χ3n) is 11.2. The maximum atomic E-state index is 12.2. The molecule has 0 spiro atoms. The Morgan fingerprint density at radius 2 is 1.62 bits per heavy atom. The molecular weight excluding hydrogens is 464 g/mol. The lowest BCUT2D eigenvalue weighted by atomic mass is 9.44. The number of carbonyl (C=O) groups is 3. The summed E-state index contributed by atoms with van der Waals surface area (Å²) in [5, 5.41) is 11.2. The number of carbonyl (C=O) groups excluding carboxylic acids is 2. The molecule has 4 rings (SSSR count). The molecule has 212 valence electrons. The highest BCUT2D eigenvalue weighted by Gasteiger charge is 2.60. The summed E-state index contributed by atoms with van der Waals surface area (Å²) in [7, 11) is 3.82. The minimum atomic E-state index is -0.937. The van der Waals surface area contributed by atoms with Gasteiger partial charge in [0.25, 0.3) is 0 Å². The molecule has 0 saturated heterocycles. The van der Waals surface area contributed by atoms with Crippen molar-refractivity contribution in [1.82, 2.24) is 10.2 Å². The quantitative estimate of drug-likeness (QED) is 0.455. The zero-order chi connectivity index (χ0) is 27.5. The number of Topliss-reactive ketones (excluding diaryl/α,β-unsaturated/α-hetero) is 1. The highest BCUT2D eigenvalue weighted by atomic mass is 16.4. The van der Waals surface area contributed by atoms with Crippen LogP contribution in [0.25, 0.3) is 0 Å². The molecule has 4 fully saturated rings. The summed E-state index contributed by atoms with van der Waals surface area (Å²) in [6, 6.07) is 0. The Labute approximate surface area is 225 Å². The first-order valence-electron chi connectivity index (χ1n) is 14.9. The molecule has 0 aromatic rings. The number of carboxylic acids is 1. The summed E-state index contributed by atoms with van der Waals surface area (Å²) in [4.78, 5) is 35.7. The van der Waals surface area contributed by atoms with E-state index in [1.165, 1.54) is 64.7 Å². The van der Waals surface area contributed by atoms with Crippen molar-refractivity contribution in [3.05, 3.63) is 0 Å². The van der Waals surface area contributed by atoms with E-state index in [0.717, 1.165) is 36.1 Å². The standard InChI is InChI=1S/C22H36O.C9H18N2O3/c1-14-9-11-21(3)16(13-14)5-6-17-19-8-7-18(15(2)23)22(19,4)12-10-20(17)21;1-7(9(13)14)6-8(12)10-4-5-11(2)3/h14,16-20H,5-13H2,1-4H3;7H,4-6H2,1-3H3,(H,10,12)(H,13,14). The van der Waals surface area contributed by atoms with Gasteiger partial charge in [-0.15, -0.1) is 0 Å². The van der Waals surface area contributed by atoms with Gasteiger partial charge in [0.2, 0.25) is 5.91 Å². The van der Waals surface area contributed by atoms with E-state index in [2.05, 4.69) is 26.1 Å². The van der Waals surface area contributed by atoms with Crippen molar-refractivity contribution in [2.24, 2.45) is 52.3 Å². The SMILES string of the molecule is CC(=O)C1CCC2C3CCC4CC(C)CCC4(C)C3CCC12C.CC(CC(=O)NCCN(C)C)C(=O)O. The smallest absolute Gasteiger partial charge is 0.306 e. The molecular formula is C31H54N2O4. The Bertz CT molecular complexity index is 828. The second-order valence-corrected chi connectivity index (χ2v) is 13.9. The van der Waals surface area contributed by atoms with Gasteiger partial charge in [-0.3, -0.25) is 14.4 Å². The van der Waals surface area contributed by atoms with E-state index in [1.54, 1.807) is 0 Å². The van der Waals surface area contributed by atoms with Gasteiger partial charge in [-0.05, 0) is 113 Å². The van der Waals surface area contributed by atoms with Crippen molar-refractivity contribution in [2.45, 2.75) is 98.8 Å².